The standard InChI is InChI=1S/C13H14N2O2/c1-14-10-3-5-11(6-4-10)17-12-7-8-15-13(9-12)16-2/h3-9,14H,1-2H3. The van der Waals surface area contributed by atoms with Crippen LogP contribution in [0.4, 0.5) is 5.69 Å². The Morgan fingerprint density at radius 1 is 1.06 bits per heavy atom. The van der Waals surface area contributed by atoms with Crippen molar-refractivity contribution >= 4 is 5.69 Å². The number of hydrogen-bond acceptors (Lipinski definition) is 4. The van der Waals surface area contributed by atoms with E-state index in [1.54, 1.807) is 25.4 Å². The average Bonchev–Trinajstić information content (AvgIpc) is 2.40. The smallest absolute Gasteiger partial charge is 0.216 e. The molecule has 0 saturated heterocycles. The highest BCUT2D eigenvalue weighted by atomic mass is 16.5. The Morgan fingerprint density at radius 3 is 2.47 bits per heavy atom. The number of anilines is 1. The molecule has 0 radical (unpaired) electrons. The first-order chi connectivity index (χ1) is 8.31. The number of ether oxygens (including phenoxy) is 2. The molecule has 0 amide bonds. The van der Waals surface area contributed by atoms with Crippen molar-refractivity contribution in [3.63, 3.8) is 0 Å². The van der Waals surface area contributed by atoms with Crippen molar-refractivity contribution in [2.45, 2.75) is 0 Å². The van der Waals surface area contributed by atoms with Crippen LogP contribution in [0.5, 0.6) is 17.4 Å². The fourth-order valence-corrected chi connectivity index (χ4v) is 1.39. The van der Waals surface area contributed by atoms with Crippen LogP contribution in [0.2, 0.25) is 0 Å². The van der Waals surface area contributed by atoms with Crippen LogP contribution in [-0.4, -0.2) is 19.1 Å². The normalized spacial score (nSPS) is 9.76. The van der Waals surface area contributed by atoms with Crippen molar-refractivity contribution in [2.24, 2.45) is 0 Å². The molecule has 17 heavy (non-hydrogen) atoms. The first-order valence-electron chi connectivity index (χ1n) is 5.27. The summed E-state index contributed by atoms with van der Waals surface area (Å²) in [7, 11) is 3.46. The van der Waals surface area contributed by atoms with Crippen molar-refractivity contribution in [1.82, 2.24) is 4.98 Å². The van der Waals surface area contributed by atoms with Gasteiger partial charge in [0, 0.05) is 25.0 Å². The topological polar surface area (TPSA) is 43.4 Å². The number of nitrogens with zero attached hydrogens (tertiary/aromatic N) is 1. The molecule has 2 aromatic rings. The van der Waals surface area contributed by atoms with E-state index in [0.717, 1.165) is 11.4 Å². The summed E-state index contributed by atoms with van der Waals surface area (Å²) in [5.74, 6) is 2.01. The van der Waals surface area contributed by atoms with Crippen LogP contribution in [0.1, 0.15) is 0 Å². The maximum absolute atomic E-state index is 5.67. The molecule has 88 valence electrons. The third-order valence-corrected chi connectivity index (χ3v) is 2.29. The number of hydrogen-bond donors (Lipinski definition) is 1. The quantitative estimate of drug-likeness (QED) is 0.877. The molecule has 1 aromatic carbocycles. The molecule has 0 aliphatic heterocycles. The maximum atomic E-state index is 5.67. The van der Waals surface area contributed by atoms with Crippen LogP contribution in [0.25, 0.3) is 0 Å². The number of methoxy groups -OCH3 is 1. The van der Waals surface area contributed by atoms with E-state index >= 15 is 0 Å². The molecule has 4 nitrogen and oxygen atoms in total. The molecule has 0 aliphatic carbocycles. The van der Waals surface area contributed by atoms with E-state index in [1.807, 2.05) is 31.3 Å². The number of benzene rings is 1. The predicted octanol–water partition coefficient (Wildman–Crippen LogP) is 2.92. The highest BCUT2D eigenvalue weighted by Crippen LogP contribution is 2.24. The summed E-state index contributed by atoms with van der Waals surface area (Å²) >= 11 is 0. The van der Waals surface area contributed by atoms with Crippen LogP contribution in [-0.2, 0) is 0 Å². The lowest BCUT2D eigenvalue weighted by Gasteiger charge is -2.07. The van der Waals surface area contributed by atoms with E-state index in [9.17, 15) is 0 Å². The van der Waals surface area contributed by atoms with Gasteiger partial charge >= 0.3 is 0 Å². The molecule has 0 atom stereocenters. The number of pyridine rings is 1. The molecule has 0 bridgehead atoms. The van der Waals surface area contributed by atoms with E-state index in [4.69, 9.17) is 9.47 Å². The van der Waals surface area contributed by atoms with E-state index in [-0.39, 0.29) is 0 Å². The lowest BCUT2D eigenvalue weighted by atomic mass is 10.3. The predicted molar refractivity (Wildman–Crippen MR) is 66.9 cm³/mol. The van der Waals surface area contributed by atoms with E-state index < -0.39 is 0 Å². The molecule has 0 unspecified atom stereocenters. The zero-order valence-corrected chi connectivity index (χ0v) is 9.81. The van der Waals surface area contributed by atoms with Gasteiger partial charge in [-0.05, 0) is 30.3 Å². The van der Waals surface area contributed by atoms with E-state index in [1.165, 1.54) is 0 Å². The van der Waals surface area contributed by atoms with Gasteiger partial charge in [0.2, 0.25) is 5.88 Å². The molecular formula is C13H14N2O2. The Hall–Kier alpha value is -2.23. The van der Waals surface area contributed by atoms with Crippen LogP contribution < -0.4 is 14.8 Å². The Morgan fingerprint density at radius 2 is 1.82 bits per heavy atom. The van der Waals surface area contributed by atoms with Crippen molar-refractivity contribution in [3.05, 3.63) is 42.6 Å². The van der Waals surface area contributed by atoms with Gasteiger partial charge in [-0.2, -0.15) is 0 Å². The first kappa shape index (κ1) is 11.3. The van der Waals surface area contributed by atoms with Crippen molar-refractivity contribution in [1.29, 1.82) is 0 Å². The first-order valence-corrected chi connectivity index (χ1v) is 5.27. The highest BCUT2D eigenvalue weighted by molar-refractivity contribution is 5.46. The fourth-order valence-electron chi connectivity index (χ4n) is 1.39. The van der Waals surface area contributed by atoms with E-state index in [0.29, 0.717) is 11.6 Å². The third-order valence-electron chi connectivity index (χ3n) is 2.29. The molecule has 1 N–H and O–H groups in total. The van der Waals surface area contributed by atoms with Crippen molar-refractivity contribution in [2.75, 3.05) is 19.5 Å². The Balaban J connectivity index is 2.13. The van der Waals surface area contributed by atoms with Crippen molar-refractivity contribution < 1.29 is 9.47 Å². The summed E-state index contributed by atoms with van der Waals surface area (Å²) in [4.78, 5) is 4.01. The zero-order chi connectivity index (χ0) is 12.1. The van der Waals surface area contributed by atoms with Gasteiger partial charge in [0.05, 0.1) is 7.11 Å². The van der Waals surface area contributed by atoms with Gasteiger partial charge in [-0.25, -0.2) is 4.98 Å². The molecule has 0 spiro atoms. The Bertz CT molecular complexity index is 483. The average molecular weight is 230 g/mol. The summed E-state index contributed by atoms with van der Waals surface area (Å²) in [6.07, 6.45) is 1.65. The fraction of sp³-hybridized carbons (Fsp3) is 0.154. The second kappa shape index (κ2) is 5.21. The minimum atomic E-state index is 0.536. The van der Waals surface area contributed by atoms with E-state index in [2.05, 4.69) is 10.3 Å². The second-order valence-corrected chi connectivity index (χ2v) is 3.41. The minimum Gasteiger partial charge on any atom is -0.481 e. The van der Waals surface area contributed by atoms with Crippen molar-refractivity contribution in [3.8, 4) is 17.4 Å². The third kappa shape index (κ3) is 2.87. The zero-order valence-electron chi connectivity index (χ0n) is 9.81. The minimum absolute atomic E-state index is 0.536. The van der Waals surface area contributed by atoms with Gasteiger partial charge in [-0.15, -0.1) is 0 Å². The van der Waals surface area contributed by atoms with Gasteiger partial charge in [-0.1, -0.05) is 0 Å². The van der Waals surface area contributed by atoms with Crippen LogP contribution in [0.15, 0.2) is 42.6 Å². The Labute approximate surface area is 100 Å². The van der Waals surface area contributed by atoms with Gasteiger partial charge in [0.15, 0.2) is 0 Å². The van der Waals surface area contributed by atoms with Crippen LogP contribution >= 0.6 is 0 Å². The largest absolute Gasteiger partial charge is 0.481 e. The lowest BCUT2D eigenvalue weighted by Crippen LogP contribution is -1.90. The second-order valence-electron chi connectivity index (χ2n) is 3.41. The molecule has 1 aromatic heterocycles. The summed E-state index contributed by atoms with van der Waals surface area (Å²) in [5.41, 5.74) is 1.05. The summed E-state index contributed by atoms with van der Waals surface area (Å²) in [6, 6.07) is 11.2. The molecular weight excluding hydrogens is 216 g/mol. The van der Waals surface area contributed by atoms with Gasteiger partial charge in [-0.3, -0.25) is 0 Å². The SMILES string of the molecule is CNc1ccc(Oc2ccnc(OC)c2)cc1. The maximum Gasteiger partial charge on any atom is 0.216 e. The monoisotopic (exact) mass is 230 g/mol. The molecule has 0 aliphatic rings. The number of nitrogens with one attached hydrogen (secondary N) is 1. The van der Waals surface area contributed by atoms with Gasteiger partial charge in [0.1, 0.15) is 11.5 Å². The molecule has 1 heterocycles. The lowest BCUT2D eigenvalue weighted by molar-refractivity contribution is 0.392. The highest BCUT2D eigenvalue weighted by Gasteiger charge is 2.00. The summed E-state index contributed by atoms with van der Waals surface area (Å²) in [5, 5.41) is 3.05. The van der Waals surface area contributed by atoms with Crippen LogP contribution in [0.3, 0.4) is 0 Å². The summed E-state index contributed by atoms with van der Waals surface area (Å²) < 4.78 is 10.7. The Kier molecular flexibility index (Phi) is 3.45. The molecule has 2 rings (SSSR count). The molecule has 4 heteroatoms. The van der Waals surface area contributed by atoms with Crippen LogP contribution in [0, 0.1) is 0 Å². The van der Waals surface area contributed by atoms with Gasteiger partial charge in [0.25, 0.3) is 0 Å². The molecule has 0 saturated carbocycles. The number of rotatable bonds is 4. The molecule has 0 fully saturated rings. The summed E-state index contributed by atoms with van der Waals surface area (Å²) in [6.45, 7) is 0. The van der Waals surface area contributed by atoms with Gasteiger partial charge < -0.3 is 14.8 Å². The number of aromatic nitrogens is 1.